The molecule has 1 unspecified atom stereocenters. The first kappa shape index (κ1) is 12.6. The van der Waals surface area contributed by atoms with Crippen LogP contribution < -0.4 is 4.74 Å². The SMILES string of the molecule is CCOc1ccc(C(C)(O)c2cccnc2)cc1. The molecule has 0 amide bonds. The molecule has 0 bridgehead atoms. The summed E-state index contributed by atoms with van der Waals surface area (Å²) in [7, 11) is 0. The van der Waals surface area contributed by atoms with Gasteiger partial charge in [0.2, 0.25) is 0 Å². The largest absolute Gasteiger partial charge is 0.494 e. The number of hydrogen-bond donors (Lipinski definition) is 1. The molecule has 3 nitrogen and oxygen atoms in total. The molecule has 2 aromatic rings. The number of nitrogens with zero attached hydrogens (tertiary/aromatic N) is 1. The minimum absolute atomic E-state index is 0.637. The van der Waals surface area contributed by atoms with E-state index in [0.29, 0.717) is 6.61 Å². The molecule has 0 radical (unpaired) electrons. The Hall–Kier alpha value is -1.87. The van der Waals surface area contributed by atoms with Crippen molar-refractivity contribution >= 4 is 0 Å². The lowest BCUT2D eigenvalue weighted by molar-refractivity contribution is 0.102. The van der Waals surface area contributed by atoms with E-state index in [1.807, 2.05) is 43.3 Å². The van der Waals surface area contributed by atoms with Crippen molar-refractivity contribution in [2.75, 3.05) is 6.61 Å². The highest BCUT2D eigenvalue weighted by Crippen LogP contribution is 2.29. The van der Waals surface area contributed by atoms with Crippen LogP contribution in [0.5, 0.6) is 5.75 Å². The van der Waals surface area contributed by atoms with Crippen molar-refractivity contribution in [1.82, 2.24) is 4.98 Å². The summed E-state index contributed by atoms with van der Waals surface area (Å²) < 4.78 is 5.39. The average Bonchev–Trinajstić information content (AvgIpc) is 2.41. The molecule has 1 N–H and O–H groups in total. The Bertz CT molecular complexity index is 492. The van der Waals surface area contributed by atoms with Gasteiger partial charge in [-0.05, 0) is 37.6 Å². The van der Waals surface area contributed by atoms with Crippen molar-refractivity contribution in [3.8, 4) is 5.75 Å². The van der Waals surface area contributed by atoms with Crippen LogP contribution in [0.15, 0.2) is 48.8 Å². The molecule has 0 aliphatic carbocycles. The molecule has 18 heavy (non-hydrogen) atoms. The molecule has 0 saturated carbocycles. The first-order valence-corrected chi connectivity index (χ1v) is 6.01. The van der Waals surface area contributed by atoms with Gasteiger partial charge in [0, 0.05) is 18.0 Å². The van der Waals surface area contributed by atoms with Gasteiger partial charge in [-0.3, -0.25) is 4.98 Å². The molecule has 1 aromatic heterocycles. The lowest BCUT2D eigenvalue weighted by Gasteiger charge is -2.24. The van der Waals surface area contributed by atoms with Crippen LogP contribution in [0.1, 0.15) is 25.0 Å². The Kier molecular flexibility index (Phi) is 3.63. The van der Waals surface area contributed by atoms with Crippen LogP contribution in [0, 0.1) is 0 Å². The first-order valence-electron chi connectivity index (χ1n) is 6.01. The third kappa shape index (κ3) is 2.51. The summed E-state index contributed by atoms with van der Waals surface area (Å²) in [5.74, 6) is 0.809. The fourth-order valence-electron chi connectivity index (χ4n) is 1.86. The zero-order valence-corrected chi connectivity index (χ0v) is 10.6. The Morgan fingerprint density at radius 2 is 1.89 bits per heavy atom. The van der Waals surface area contributed by atoms with Crippen LogP contribution in [0.3, 0.4) is 0 Å². The monoisotopic (exact) mass is 243 g/mol. The van der Waals surface area contributed by atoms with Crippen LogP contribution in [0.2, 0.25) is 0 Å². The highest BCUT2D eigenvalue weighted by Gasteiger charge is 2.25. The number of hydrogen-bond acceptors (Lipinski definition) is 3. The molecule has 1 atom stereocenters. The highest BCUT2D eigenvalue weighted by molar-refractivity contribution is 5.37. The first-order chi connectivity index (χ1) is 8.64. The maximum Gasteiger partial charge on any atom is 0.119 e. The van der Waals surface area contributed by atoms with E-state index in [1.54, 1.807) is 19.3 Å². The quantitative estimate of drug-likeness (QED) is 0.897. The van der Waals surface area contributed by atoms with E-state index >= 15 is 0 Å². The number of benzene rings is 1. The molecular weight excluding hydrogens is 226 g/mol. The van der Waals surface area contributed by atoms with Crippen molar-refractivity contribution < 1.29 is 9.84 Å². The lowest BCUT2D eigenvalue weighted by atomic mass is 9.89. The predicted molar refractivity (Wildman–Crippen MR) is 70.5 cm³/mol. The van der Waals surface area contributed by atoms with Gasteiger partial charge in [-0.15, -0.1) is 0 Å². The highest BCUT2D eigenvalue weighted by atomic mass is 16.5. The number of rotatable bonds is 4. The molecule has 3 heteroatoms. The molecule has 0 aliphatic rings. The van der Waals surface area contributed by atoms with Crippen molar-refractivity contribution in [2.45, 2.75) is 19.4 Å². The van der Waals surface area contributed by atoms with Crippen LogP contribution in [-0.4, -0.2) is 16.7 Å². The van der Waals surface area contributed by atoms with Gasteiger partial charge in [0.05, 0.1) is 6.61 Å². The summed E-state index contributed by atoms with van der Waals surface area (Å²) in [4.78, 5) is 4.04. The predicted octanol–water partition coefficient (Wildman–Crippen LogP) is 2.74. The van der Waals surface area contributed by atoms with Gasteiger partial charge in [0.25, 0.3) is 0 Å². The van der Waals surface area contributed by atoms with E-state index in [4.69, 9.17) is 4.74 Å². The second kappa shape index (κ2) is 5.19. The van der Waals surface area contributed by atoms with Gasteiger partial charge in [0.1, 0.15) is 11.4 Å². The smallest absolute Gasteiger partial charge is 0.119 e. The molecule has 94 valence electrons. The van der Waals surface area contributed by atoms with Gasteiger partial charge in [-0.2, -0.15) is 0 Å². The van der Waals surface area contributed by atoms with Crippen LogP contribution in [0.4, 0.5) is 0 Å². The van der Waals surface area contributed by atoms with Gasteiger partial charge < -0.3 is 9.84 Å². The summed E-state index contributed by atoms with van der Waals surface area (Å²) in [6.07, 6.45) is 3.37. The molecule has 0 saturated heterocycles. The van der Waals surface area contributed by atoms with Gasteiger partial charge in [-0.1, -0.05) is 18.2 Å². The third-order valence-electron chi connectivity index (χ3n) is 2.95. The van der Waals surface area contributed by atoms with Crippen molar-refractivity contribution in [2.24, 2.45) is 0 Å². The van der Waals surface area contributed by atoms with Crippen LogP contribution in [-0.2, 0) is 5.60 Å². The maximum absolute atomic E-state index is 10.6. The summed E-state index contributed by atoms with van der Waals surface area (Å²) in [6.45, 7) is 4.34. The fraction of sp³-hybridized carbons (Fsp3) is 0.267. The fourth-order valence-corrected chi connectivity index (χ4v) is 1.86. The molecule has 0 spiro atoms. The summed E-state index contributed by atoms with van der Waals surface area (Å²) in [5, 5.41) is 10.6. The Labute approximate surface area is 107 Å². The molecular formula is C15H17NO2. The molecule has 1 heterocycles. The van der Waals surface area contributed by atoms with E-state index in [9.17, 15) is 5.11 Å². The summed E-state index contributed by atoms with van der Waals surface area (Å²) >= 11 is 0. The number of aromatic nitrogens is 1. The average molecular weight is 243 g/mol. The van der Waals surface area contributed by atoms with Crippen LogP contribution >= 0.6 is 0 Å². The normalized spacial score (nSPS) is 13.9. The molecule has 1 aromatic carbocycles. The Balaban J connectivity index is 2.30. The Morgan fingerprint density at radius 3 is 2.44 bits per heavy atom. The van der Waals surface area contributed by atoms with Crippen molar-refractivity contribution in [3.63, 3.8) is 0 Å². The topological polar surface area (TPSA) is 42.4 Å². The zero-order valence-electron chi connectivity index (χ0n) is 10.6. The van der Waals surface area contributed by atoms with E-state index in [2.05, 4.69) is 4.98 Å². The van der Waals surface area contributed by atoms with E-state index < -0.39 is 5.60 Å². The number of aliphatic hydroxyl groups is 1. The van der Waals surface area contributed by atoms with Gasteiger partial charge >= 0.3 is 0 Å². The maximum atomic E-state index is 10.6. The van der Waals surface area contributed by atoms with Gasteiger partial charge in [-0.25, -0.2) is 0 Å². The zero-order chi connectivity index (χ0) is 13.0. The van der Waals surface area contributed by atoms with Crippen molar-refractivity contribution in [1.29, 1.82) is 0 Å². The van der Waals surface area contributed by atoms with E-state index in [0.717, 1.165) is 16.9 Å². The Morgan fingerprint density at radius 1 is 1.17 bits per heavy atom. The standard InChI is InChI=1S/C15H17NO2/c1-3-18-14-8-6-12(7-9-14)15(2,17)13-5-4-10-16-11-13/h4-11,17H,3H2,1-2H3. The second-order valence-electron chi connectivity index (χ2n) is 4.27. The molecule has 0 fully saturated rings. The van der Waals surface area contributed by atoms with Crippen LogP contribution in [0.25, 0.3) is 0 Å². The number of pyridine rings is 1. The third-order valence-corrected chi connectivity index (χ3v) is 2.95. The summed E-state index contributed by atoms with van der Waals surface area (Å²) in [5.41, 5.74) is 0.548. The lowest BCUT2D eigenvalue weighted by Crippen LogP contribution is -2.22. The minimum atomic E-state index is -1.04. The molecule has 2 rings (SSSR count). The van der Waals surface area contributed by atoms with Gasteiger partial charge in [0.15, 0.2) is 0 Å². The van der Waals surface area contributed by atoms with Crippen molar-refractivity contribution in [3.05, 3.63) is 59.9 Å². The molecule has 0 aliphatic heterocycles. The minimum Gasteiger partial charge on any atom is -0.494 e. The van der Waals surface area contributed by atoms with E-state index in [-0.39, 0.29) is 0 Å². The number of ether oxygens (including phenoxy) is 1. The second-order valence-corrected chi connectivity index (χ2v) is 4.27. The van der Waals surface area contributed by atoms with E-state index in [1.165, 1.54) is 0 Å². The summed E-state index contributed by atoms with van der Waals surface area (Å²) in [6, 6.07) is 11.2.